The summed E-state index contributed by atoms with van der Waals surface area (Å²) in [6, 6.07) is 18.0. The smallest absolute Gasteiger partial charge is 0.257 e. The van der Waals surface area contributed by atoms with Crippen LogP contribution in [0.4, 0.5) is 4.39 Å². The molecule has 4 aromatic rings. The lowest BCUT2D eigenvalue weighted by atomic mass is 10.0. The van der Waals surface area contributed by atoms with Crippen LogP contribution < -0.4 is 10.1 Å². The van der Waals surface area contributed by atoms with Crippen LogP contribution in [0.1, 0.15) is 34.8 Å². The fourth-order valence-electron chi connectivity index (χ4n) is 3.78. The third-order valence-corrected chi connectivity index (χ3v) is 5.51. The quantitative estimate of drug-likeness (QED) is 0.319. The zero-order valence-electron chi connectivity index (χ0n) is 18.7. The lowest BCUT2D eigenvalue weighted by Gasteiger charge is -2.16. The highest BCUT2D eigenvalue weighted by atomic mass is 19.1. The number of carbonyl (C=O) groups is 1. The number of aliphatic hydroxyl groups excluding tert-OH is 1. The van der Waals surface area contributed by atoms with Gasteiger partial charge in [-0.3, -0.25) is 4.79 Å². The van der Waals surface area contributed by atoms with E-state index in [0.29, 0.717) is 28.9 Å². The molecule has 0 radical (unpaired) electrons. The number of hydrogen-bond acceptors (Lipinski definition) is 3. The van der Waals surface area contributed by atoms with Crippen LogP contribution in [0.25, 0.3) is 22.0 Å². The van der Waals surface area contributed by atoms with Crippen molar-refractivity contribution in [3.05, 3.63) is 89.4 Å². The van der Waals surface area contributed by atoms with Gasteiger partial charge < -0.3 is 20.1 Å². The van der Waals surface area contributed by atoms with Crippen molar-refractivity contribution >= 4 is 16.8 Å². The lowest BCUT2D eigenvalue weighted by molar-refractivity contribution is 0.0782. The molecule has 0 aliphatic heterocycles. The number of nitrogens with one attached hydrogen (secondary N) is 2. The molecule has 1 heterocycles. The van der Waals surface area contributed by atoms with E-state index in [1.165, 1.54) is 12.1 Å². The number of halogens is 1. The van der Waals surface area contributed by atoms with Gasteiger partial charge in [-0.05, 0) is 60.4 Å². The highest BCUT2D eigenvalue weighted by molar-refractivity contribution is 5.98. The molecule has 0 spiro atoms. The van der Waals surface area contributed by atoms with Gasteiger partial charge in [0.05, 0.1) is 12.2 Å². The van der Waals surface area contributed by atoms with Crippen molar-refractivity contribution in [3.8, 4) is 16.9 Å². The molecule has 0 fully saturated rings. The van der Waals surface area contributed by atoms with Gasteiger partial charge in [-0.1, -0.05) is 42.8 Å². The van der Waals surface area contributed by atoms with Crippen molar-refractivity contribution in [2.24, 2.45) is 0 Å². The number of carbonyl (C=O) groups excluding carboxylic acids is 1. The Morgan fingerprint density at radius 3 is 2.61 bits per heavy atom. The van der Waals surface area contributed by atoms with Crippen LogP contribution in [0.5, 0.6) is 5.75 Å². The summed E-state index contributed by atoms with van der Waals surface area (Å²) in [6.07, 6.45) is 1.51. The standard InChI is InChI=1S/C27H27FN2O3/c1-3-12-33-25-11-8-19(18-6-4-17(2)5-7-18)13-23(25)27(32)30-26(31)14-20-16-29-24-10-9-21(28)15-22(20)24/h4-11,13,15-16,26,29,31H,3,12,14H2,1-2H3,(H,30,32). The Morgan fingerprint density at radius 2 is 1.85 bits per heavy atom. The van der Waals surface area contributed by atoms with E-state index in [1.807, 2.05) is 44.2 Å². The molecule has 0 bridgehead atoms. The zero-order chi connectivity index (χ0) is 23.4. The number of aryl methyl sites for hydroxylation is 1. The second-order valence-corrected chi connectivity index (χ2v) is 8.12. The minimum absolute atomic E-state index is 0.137. The third-order valence-electron chi connectivity index (χ3n) is 5.51. The van der Waals surface area contributed by atoms with Crippen LogP contribution in [0.15, 0.2) is 66.9 Å². The minimum Gasteiger partial charge on any atom is -0.493 e. The first kappa shape index (κ1) is 22.6. The molecule has 3 aromatic carbocycles. The maximum atomic E-state index is 13.6. The van der Waals surface area contributed by atoms with Crippen LogP contribution in [-0.4, -0.2) is 28.8 Å². The second kappa shape index (κ2) is 9.88. The molecule has 4 rings (SSSR count). The molecule has 0 saturated heterocycles. The Bertz CT molecular complexity index is 1260. The van der Waals surface area contributed by atoms with E-state index < -0.39 is 12.1 Å². The summed E-state index contributed by atoms with van der Waals surface area (Å²) in [7, 11) is 0. The summed E-state index contributed by atoms with van der Waals surface area (Å²) in [5.74, 6) is -0.326. The van der Waals surface area contributed by atoms with Gasteiger partial charge in [-0.2, -0.15) is 0 Å². The molecule has 1 amide bonds. The summed E-state index contributed by atoms with van der Waals surface area (Å²) in [4.78, 5) is 16.2. The number of benzene rings is 3. The van der Waals surface area contributed by atoms with E-state index in [0.717, 1.165) is 28.6 Å². The van der Waals surface area contributed by atoms with Gasteiger partial charge in [0, 0.05) is 23.5 Å². The summed E-state index contributed by atoms with van der Waals surface area (Å²) < 4.78 is 19.4. The summed E-state index contributed by atoms with van der Waals surface area (Å²) in [5, 5.41) is 13.9. The van der Waals surface area contributed by atoms with Crippen LogP contribution in [-0.2, 0) is 6.42 Å². The Labute approximate surface area is 192 Å². The van der Waals surface area contributed by atoms with Crippen molar-refractivity contribution in [2.45, 2.75) is 32.9 Å². The highest BCUT2D eigenvalue weighted by Gasteiger charge is 2.18. The number of aliphatic hydroxyl groups is 1. The number of fused-ring (bicyclic) bond motifs is 1. The molecular formula is C27H27FN2O3. The first-order valence-corrected chi connectivity index (χ1v) is 11.0. The fraction of sp³-hybridized carbons (Fsp3) is 0.222. The van der Waals surface area contributed by atoms with Crippen molar-refractivity contribution in [1.29, 1.82) is 0 Å². The van der Waals surface area contributed by atoms with Crippen LogP contribution >= 0.6 is 0 Å². The molecule has 6 heteroatoms. The molecule has 0 saturated carbocycles. The molecule has 1 aromatic heterocycles. The molecule has 33 heavy (non-hydrogen) atoms. The number of hydrogen-bond donors (Lipinski definition) is 3. The van der Waals surface area contributed by atoms with Crippen molar-refractivity contribution in [3.63, 3.8) is 0 Å². The zero-order valence-corrected chi connectivity index (χ0v) is 18.7. The lowest BCUT2D eigenvalue weighted by Crippen LogP contribution is -2.36. The molecule has 170 valence electrons. The number of amides is 1. The second-order valence-electron chi connectivity index (χ2n) is 8.12. The maximum Gasteiger partial charge on any atom is 0.257 e. The van der Waals surface area contributed by atoms with Crippen LogP contribution in [0, 0.1) is 12.7 Å². The third kappa shape index (κ3) is 5.23. The van der Waals surface area contributed by atoms with Gasteiger partial charge in [-0.25, -0.2) is 4.39 Å². The average molecular weight is 447 g/mol. The molecular weight excluding hydrogens is 419 g/mol. The van der Waals surface area contributed by atoms with Gasteiger partial charge in [-0.15, -0.1) is 0 Å². The molecule has 1 atom stereocenters. The summed E-state index contributed by atoms with van der Waals surface area (Å²) in [6.45, 7) is 4.50. The van der Waals surface area contributed by atoms with Gasteiger partial charge >= 0.3 is 0 Å². The Morgan fingerprint density at radius 1 is 1.09 bits per heavy atom. The normalized spacial score (nSPS) is 12.0. The Hall–Kier alpha value is -3.64. The van der Waals surface area contributed by atoms with Crippen molar-refractivity contribution in [2.75, 3.05) is 6.61 Å². The monoisotopic (exact) mass is 446 g/mol. The van der Waals surface area contributed by atoms with Crippen LogP contribution in [0.2, 0.25) is 0 Å². The Balaban J connectivity index is 1.56. The molecule has 0 aliphatic rings. The van der Waals surface area contributed by atoms with E-state index >= 15 is 0 Å². The highest BCUT2D eigenvalue weighted by Crippen LogP contribution is 2.28. The number of ether oxygens (including phenoxy) is 1. The van der Waals surface area contributed by atoms with Crippen LogP contribution in [0.3, 0.4) is 0 Å². The minimum atomic E-state index is -1.15. The molecule has 0 aliphatic carbocycles. The first-order valence-electron chi connectivity index (χ1n) is 11.0. The van der Waals surface area contributed by atoms with Gasteiger partial charge in [0.1, 0.15) is 17.8 Å². The van der Waals surface area contributed by atoms with E-state index in [-0.39, 0.29) is 12.2 Å². The topological polar surface area (TPSA) is 74.3 Å². The van der Waals surface area contributed by atoms with Crippen molar-refractivity contribution in [1.82, 2.24) is 10.3 Å². The summed E-state index contributed by atoms with van der Waals surface area (Å²) >= 11 is 0. The van der Waals surface area contributed by atoms with Gasteiger partial charge in [0.25, 0.3) is 5.91 Å². The first-order chi connectivity index (χ1) is 15.9. The number of rotatable bonds is 8. The fourth-order valence-corrected chi connectivity index (χ4v) is 3.78. The SMILES string of the molecule is CCCOc1ccc(-c2ccc(C)cc2)cc1C(=O)NC(O)Cc1c[nH]c2ccc(F)cc12. The van der Waals surface area contributed by atoms with Gasteiger partial charge in [0.15, 0.2) is 0 Å². The van der Waals surface area contributed by atoms with E-state index in [4.69, 9.17) is 4.74 Å². The van der Waals surface area contributed by atoms with Crippen molar-refractivity contribution < 1.29 is 19.0 Å². The number of aromatic nitrogens is 1. The maximum absolute atomic E-state index is 13.6. The Kier molecular flexibility index (Phi) is 6.75. The predicted molar refractivity (Wildman–Crippen MR) is 128 cm³/mol. The van der Waals surface area contributed by atoms with Gasteiger partial charge in [0.2, 0.25) is 0 Å². The van der Waals surface area contributed by atoms with E-state index in [2.05, 4.69) is 10.3 Å². The predicted octanol–water partition coefficient (Wildman–Crippen LogP) is 5.36. The number of H-pyrrole nitrogens is 1. The molecule has 1 unspecified atom stereocenters. The average Bonchev–Trinajstić information content (AvgIpc) is 3.19. The number of aromatic amines is 1. The van der Waals surface area contributed by atoms with E-state index in [1.54, 1.807) is 24.4 Å². The largest absolute Gasteiger partial charge is 0.493 e. The molecule has 5 nitrogen and oxygen atoms in total. The molecule has 3 N–H and O–H groups in total. The van der Waals surface area contributed by atoms with E-state index in [9.17, 15) is 14.3 Å². The summed E-state index contributed by atoms with van der Waals surface area (Å²) in [5.41, 5.74) is 4.85.